The van der Waals surface area contributed by atoms with Gasteiger partial charge in [-0.2, -0.15) is 0 Å². The van der Waals surface area contributed by atoms with Crippen LogP contribution in [0.25, 0.3) is 0 Å². The number of anilines is 1. The third-order valence-electron chi connectivity index (χ3n) is 2.68. The monoisotopic (exact) mass is 257 g/mol. The summed E-state index contributed by atoms with van der Waals surface area (Å²) in [4.78, 5) is 1.37. The summed E-state index contributed by atoms with van der Waals surface area (Å²) in [5.74, 6) is 1.16. The van der Waals surface area contributed by atoms with Crippen LogP contribution in [0.1, 0.15) is 12.0 Å². The zero-order valence-corrected chi connectivity index (χ0v) is 11.5. The van der Waals surface area contributed by atoms with Gasteiger partial charge in [0.05, 0.1) is 0 Å². The highest BCUT2D eigenvalue weighted by atomic mass is 32.2. The quantitative estimate of drug-likeness (QED) is 0.600. The average Bonchev–Trinajstić information content (AvgIpc) is 2.40. The van der Waals surface area contributed by atoms with Crippen molar-refractivity contribution in [3.05, 3.63) is 60.2 Å². The molecule has 0 bridgehead atoms. The first-order valence-electron chi connectivity index (χ1n) is 6.33. The molecule has 2 heteroatoms. The first-order chi connectivity index (χ1) is 8.84. The van der Waals surface area contributed by atoms with Gasteiger partial charge in [-0.15, -0.1) is 11.8 Å². The molecule has 0 heterocycles. The lowest BCUT2D eigenvalue weighted by Gasteiger charge is -2.06. The molecule has 94 valence electrons. The van der Waals surface area contributed by atoms with E-state index in [0.29, 0.717) is 0 Å². The highest BCUT2D eigenvalue weighted by Crippen LogP contribution is 2.19. The molecule has 2 aromatic rings. The number of nitrogens with one attached hydrogen (secondary N) is 1. The molecule has 0 spiro atoms. The number of hydrogen-bond donors (Lipinski definition) is 1. The first kappa shape index (κ1) is 13.0. The summed E-state index contributed by atoms with van der Waals surface area (Å²) >= 11 is 1.93. The molecule has 0 aliphatic rings. The summed E-state index contributed by atoms with van der Waals surface area (Å²) < 4.78 is 0. The Morgan fingerprint density at radius 1 is 1.00 bits per heavy atom. The zero-order valence-electron chi connectivity index (χ0n) is 10.7. The Labute approximate surface area is 114 Å². The van der Waals surface area contributed by atoms with Crippen LogP contribution < -0.4 is 5.32 Å². The second kappa shape index (κ2) is 7.12. The molecule has 0 saturated heterocycles. The standard InChI is InChI=1S/C16H19NS/c1-14-7-5-10-16(13-14)18-12-6-11-17-15-8-3-2-4-9-15/h2-5,7-10,13,17H,6,11-12H2,1H3. The lowest BCUT2D eigenvalue weighted by Crippen LogP contribution is -2.02. The van der Waals surface area contributed by atoms with Gasteiger partial charge in [0.1, 0.15) is 0 Å². The van der Waals surface area contributed by atoms with Crippen LogP contribution >= 0.6 is 11.8 Å². The van der Waals surface area contributed by atoms with E-state index >= 15 is 0 Å². The Balaban J connectivity index is 1.65. The molecule has 0 aliphatic carbocycles. The lowest BCUT2D eigenvalue weighted by atomic mass is 10.2. The van der Waals surface area contributed by atoms with Crippen LogP contribution in [0, 0.1) is 6.92 Å². The highest BCUT2D eigenvalue weighted by Gasteiger charge is 1.95. The van der Waals surface area contributed by atoms with Crippen molar-refractivity contribution < 1.29 is 0 Å². The second-order valence-corrected chi connectivity index (χ2v) is 5.48. The zero-order chi connectivity index (χ0) is 12.6. The summed E-state index contributed by atoms with van der Waals surface area (Å²) in [6, 6.07) is 19.1. The van der Waals surface area contributed by atoms with Crippen molar-refractivity contribution in [3.8, 4) is 0 Å². The summed E-state index contributed by atoms with van der Waals surface area (Å²) in [6.45, 7) is 3.17. The number of para-hydroxylation sites is 1. The second-order valence-electron chi connectivity index (χ2n) is 4.31. The number of thioether (sulfide) groups is 1. The highest BCUT2D eigenvalue weighted by molar-refractivity contribution is 7.99. The van der Waals surface area contributed by atoms with Crippen molar-refractivity contribution >= 4 is 17.4 Å². The Kier molecular flexibility index (Phi) is 5.15. The molecule has 0 fully saturated rings. The van der Waals surface area contributed by atoms with Gasteiger partial charge in [0, 0.05) is 17.1 Å². The Hall–Kier alpha value is -1.41. The molecule has 2 aromatic carbocycles. The van der Waals surface area contributed by atoms with Crippen LogP contribution in [0.15, 0.2) is 59.5 Å². The maximum atomic E-state index is 3.43. The fourth-order valence-electron chi connectivity index (χ4n) is 1.76. The Bertz CT molecular complexity index is 468. The van der Waals surface area contributed by atoms with E-state index in [-0.39, 0.29) is 0 Å². The smallest absolute Gasteiger partial charge is 0.0340 e. The largest absolute Gasteiger partial charge is 0.385 e. The minimum Gasteiger partial charge on any atom is -0.385 e. The number of hydrogen-bond acceptors (Lipinski definition) is 2. The van der Waals surface area contributed by atoms with Crippen LogP contribution in [0.5, 0.6) is 0 Å². The third kappa shape index (κ3) is 4.46. The molecular weight excluding hydrogens is 238 g/mol. The molecule has 0 aliphatic heterocycles. The summed E-state index contributed by atoms with van der Waals surface area (Å²) in [6.07, 6.45) is 1.17. The van der Waals surface area contributed by atoms with E-state index in [1.807, 2.05) is 17.8 Å². The SMILES string of the molecule is Cc1cccc(SCCCNc2ccccc2)c1. The van der Waals surface area contributed by atoms with Gasteiger partial charge in [0.25, 0.3) is 0 Å². The van der Waals surface area contributed by atoms with Gasteiger partial charge in [0.2, 0.25) is 0 Å². The molecule has 1 N–H and O–H groups in total. The number of benzene rings is 2. The van der Waals surface area contributed by atoms with Gasteiger partial charge in [-0.25, -0.2) is 0 Å². The van der Waals surface area contributed by atoms with Gasteiger partial charge < -0.3 is 5.32 Å². The fourth-order valence-corrected chi connectivity index (χ4v) is 2.72. The van der Waals surface area contributed by atoms with Crippen LogP contribution in [-0.4, -0.2) is 12.3 Å². The third-order valence-corrected chi connectivity index (χ3v) is 3.76. The molecule has 18 heavy (non-hydrogen) atoms. The summed E-state index contributed by atoms with van der Waals surface area (Å²) in [5, 5.41) is 3.43. The number of rotatable bonds is 6. The predicted octanol–water partition coefficient (Wildman–Crippen LogP) is 4.59. The van der Waals surface area contributed by atoms with Crippen LogP contribution in [0.3, 0.4) is 0 Å². The lowest BCUT2D eigenvalue weighted by molar-refractivity contribution is 0.991. The van der Waals surface area contributed by atoms with Crippen molar-refractivity contribution in [3.63, 3.8) is 0 Å². The Morgan fingerprint density at radius 2 is 1.83 bits per heavy atom. The average molecular weight is 257 g/mol. The maximum absolute atomic E-state index is 3.43. The molecule has 0 saturated carbocycles. The topological polar surface area (TPSA) is 12.0 Å². The predicted molar refractivity (Wildman–Crippen MR) is 81.5 cm³/mol. The van der Waals surface area contributed by atoms with Crippen LogP contribution in [0.4, 0.5) is 5.69 Å². The van der Waals surface area contributed by atoms with Crippen molar-refractivity contribution in [1.29, 1.82) is 0 Å². The van der Waals surface area contributed by atoms with Crippen molar-refractivity contribution in [2.45, 2.75) is 18.2 Å². The first-order valence-corrected chi connectivity index (χ1v) is 7.31. The fraction of sp³-hybridized carbons (Fsp3) is 0.250. The summed E-state index contributed by atoms with van der Waals surface area (Å²) in [7, 11) is 0. The van der Waals surface area contributed by atoms with E-state index < -0.39 is 0 Å². The molecular formula is C16H19NS. The van der Waals surface area contributed by atoms with Crippen molar-refractivity contribution in [1.82, 2.24) is 0 Å². The van der Waals surface area contributed by atoms with E-state index in [0.717, 1.165) is 12.3 Å². The van der Waals surface area contributed by atoms with Gasteiger partial charge in [0.15, 0.2) is 0 Å². The van der Waals surface area contributed by atoms with Gasteiger partial charge in [-0.05, 0) is 43.4 Å². The number of aryl methyl sites for hydroxylation is 1. The van der Waals surface area contributed by atoms with E-state index in [2.05, 4.69) is 60.8 Å². The van der Waals surface area contributed by atoms with Gasteiger partial charge >= 0.3 is 0 Å². The minimum atomic E-state index is 1.03. The molecule has 2 rings (SSSR count). The molecule has 0 atom stereocenters. The normalized spacial score (nSPS) is 10.3. The van der Waals surface area contributed by atoms with Crippen LogP contribution in [-0.2, 0) is 0 Å². The molecule has 0 amide bonds. The summed E-state index contributed by atoms with van der Waals surface area (Å²) in [5.41, 5.74) is 2.54. The van der Waals surface area contributed by atoms with Crippen molar-refractivity contribution in [2.24, 2.45) is 0 Å². The van der Waals surface area contributed by atoms with Gasteiger partial charge in [-0.3, -0.25) is 0 Å². The van der Waals surface area contributed by atoms with Crippen LogP contribution in [0.2, 0.25) is 0 Å². The van der Waals surface area contributed by atoms with E-state index in [1.165, 1.54) is 22.6 Å². The molecule has 0 unspecified atom stereocenters. The van der Waals surface area contributed by atoms with Gasteiger partial charge in [-0.1, -0.05) is 35.9 Å². The van der Waals surface area contributed by atoms with E-state index in [4.69, 9.17) is 0 Å². The minimum absolute atomic E-state index is 1.03. The molecule has 1 nitrogen and oxygen atoms in total. The maximum Gasteiger partial charge on any atom is 0.0340 e. The Morgan fingerprint density at radius 3 is 2.61 bits per heavy atom. The molecule has 0 radical (unpaired) electrons. The van der Waals surface area contributed by atoms with E-state index in [9.17, 15) is 0 Å². The van der Waals surface area contributed by atoms with Crippen molar-refractivity contribution in [2.75, 3.05) is 17.6 Å². The van der Waals surface area contributed by atoms with E-state index in [1.54, 1.807) is 0 Å². The molecule has 0 aromatic heterocycles.